The van der Waals surface area contributed by atoms with E-state index < -0.39 is 12.6 Å². The van der Waals surface area contributed by atoms with Crippen LogP contribution < -0.4 is 10.1 Å². The van der Waals surface area contributed by atoms with Gasteiger partial charge in [0.05, 0.1) is 18.4 Å². The second-order valence-corrected chi connectivity index (χ2v) is 8.11. The van der Waals surface area contributed by atoms with Crippen LogP contribution in [0.1, 0.15) is 38.4 Å². The maximum Gasteiger partial charge on any atom is 0.340 e. The quantitative estimate of drug-likeness (QED) is 0.262. The first-order chi connectivity index (χ1) is 17.0. The number of esters is 1. The third-order valence-corrected chi connectivity index (χ3v) is 5.73. The summed E-state index contributed by atoms with van der Waals surface area (Å²) in [5, 5.41) is 3.57. The van der Waals surface area contributed by atoms with Gasteiger partial charge in [-0.15, -0.1) is 0 Å². The largest absolute Gasteiger partial charge is 0.497 e. The van der Waals surface area contributed by atoms with Crippen LogP contribution in [-0.4, -0.2) is 36.4 Å². The van der Waals surface area contributed by atoms with Crippen LogP contribution in [-0.2, 0) is 16.0 Å². The average Bonchev–Trinajstić information content (AvgIpc) is 3.22. The van der Waals surface area contributed by atoms with Gasteiger partial charge < -0.3 is 19.8 Å². The summed E-state index contributed by atoms with van der Waals surface area (Å²) in [7, 11) is 1.60. The molecule has 0 saturated heterocycles. The fourth-order valence-corrected chi connectivity index (χ4v) is 3.95. The molecule has 35 heavy (non-hydrogen) atoms. The van der Waals surface area contributed by atoms with Crippen molar-refractivity contribution in [2.75, 3.05) is 19.0 Å². The van der Waals surface area contributed by atoms with Gasteiger partial charge in [-0.2, -0.15) is 0 Å². The predicted octanol–water partition coefficient (Wildman–Crippen LogP) is 5.10. The number of Topliss-reactive ketones (excluding diaryl/α,β-unsaturated/α-hetero) is 1. The molecule has 0 aliphatic carbocycles. The highest BCUT2D eigenvalue weighted by Gasteiger charge is 2.20. The van der Waals surface area contributed by atoms with Gasteiger partial charge in [0.15, 0.2) is 6.61 Å². The Morgan fingerprint density at radius 1 is 0.914 bits per heavy atom. The molecule has 0 aliphatic rings. The molecule has 0 saturated carbocycles. The molecule has 0 atom stereocenters. The number of aromatic amines is 1. The Kier molecular flexibility index (Phi) is 7.26. The number of hydrogen-bond donors (Lipinski definition) is 2. The number of fused-ring (bicyclic) bond motifs is 1. The van der Waals surface area contributed by atoms with Crippen LogP contribution in [0.5, 0.6) is 5.75 Å². The van der Waals surface area contributed by atoms with Crippen LogP contribution in [0, 0.1) is 6.92 Å². The number of nitrogens with one attached hydrogen (secondary N) is 2. The van der Waals surface area contributed by atoms with Gasteiger partial charge in [-0.25, -0.2) is 4.79 Å². The molecule has 0 spiro atoms. The fourth-order valence-electron chi connectivity index (χ4n) is 3.95. The first kappa shape index (κ1) is 23.8. The lowest BCUT2D eigenvalue weighted by Gasteiger charge is -2.11. The SMILES string of the molecule is COc1ccc(CCC(=O)Nc2ccccc2C(=O)OCC(=O)c2c(C)[nH]c3ccccc23)cc1. The van der Waals surface area contributed by atoms with Gasteiger partial charge in [-0.05, 0) is 49.2 Å². The summed E-state index contributed by atoms with van der Waals surface area (Å²) in [5.74, 6) is -0.452. The highest BCUT2D eigenvalue weighted by atomic mass is 16.5. The van der Waals surface area contributed by atoms with Gasteiger partial charge in [-0.3, -0.25) is 9.59 Å². The first-order valence-corrected chi connectivity index (χ1v) is 11.3. The number of ketones is 1. The van der Waals surface area contributed by atoms with Gasteiger partial charge in [0.2, 0.25) is 11.7 Å². The van der Waals surface area contributed by atoms with Crippen molar-refractivity contribution in [1.82, 2.24) is 4.98 Å². The van der Waals surface area contributed by atoms with E-state index in [0.29, 0.717) is 17.7 Å². The Morgan fingerprint density at radius 3 is 2.40 bits per heavy atom. The number of aryl methyl sites for hydroxylation is 2. The number of H-pyrrole nitrogens is 1. The molecule has 0 bridgehead atoms. The maximum atomic E-state index is 12.8. The molecular weight excluding hydrogens is 444 g/mol. The van der Waals surface area contributed by atoms with Gasteiger partial charge >= 0.3 is 5.97 Å². The Bertz CT molecular complexity index is 1370. The Morgan fingerprint density at radius 2 is 1.63 bits per heavy atom. The molecule has 1 aromatic heterocycles. The summed E-state index contributed by atoms with van der Waals surface area (Å²) >= 11 is 0. The van der Waals surface area contributed by atoms with Gasteiger partial charge in [0.25, 0.3) is 0 Å². The van der Waals surface area contributed by atoms with Crippen molar-refractivity contribution in [3.8, 4) is 5.75 Å². The number of carbonyl (C=O) groups is 3. The highest BCUT2D eigenvalue weighted by Crippen LogP contribution is 2.23. The van der Waals surface area contributed by atoms with Crippen LogP contribution >= 0.6 is 0 Å². The smallest absolute Gasteiger partial charge is 0.340 e. The maximum absolute atomic E-state index is 12.8. The lowest BCUT2D eigenvalue weighted by atomic mass is 10.1. The zero-order valence-electron chi connectivity index (χ0n) is 19.6. The van der Waals surface area contributed by atoms with Crippen LogP contribution in [0.3, 0.4) is 0 Å². The molecule has 0 unspecified atom stereocenters. The minimum atomic E-state index is -0.679. The van der Waals surface area contributed by atoms with E-state index in [9.17, 15) is 14.4 Å². The number of benzene rings is 3. The number of methoxy groups -OCH3 is 1. The number of carbonyl (C=O) groups excluding carboxylic acids is 3. The molecular formula is C28H26N2O5. The Balaban J connectivity index is 1.37. The summed E-state index contributed by atoms with van der Waals surface area (Å²) in [6.45, 7) is 1.41. The van der Waals surface area contributed by atoms with E-state index in [1.54, 1.807) is 31.4 Å². The molecule has 1 heterocycles. The Hall–Kier alpha value is -4.39. The molecule has 178 valence electrons. The fraction of sp³-hybridized carbons (Fsp3) is 0.179. The van der Waals surface area contributed by atoms with Crippen molar-refractivity contribution in [3.63, 3.8) is 0 Å². The standard InChI is InChI=1S/C28H26N2O5/c1-18-27(21-7-3-5-9-23(21)29-18)25(31)17-35-28(33)22-8-4-6-10-24(22)30-26(32)16-13-19-11-14-20(34-2)15-12-19/h3-12,14-15,29H,13,16-17H2,1-2H3,(H,30,32). The number of amides is 1. The van der Waals surface area contributed by atoms with Crippen molar-refractivity contribution in [2.45, 2.75) is 19.8 Å². The van der Waals surface area contributed by atoms with Gasteiger partial charge in [0.1, 0.15) is 5.75 Å². The van der Waals surface area contributed by atoms with Crippen molar-refractivity contribution in [1.29, 1.82) is 0 Å². The lowest BCUT2D eigenvalue weighted by Crippen LogP contribution is -2.18. The lowest BCUT2D eigenvalue weighted by molar-refractivity contribution is -0.116. The molecule has 0 aliphatic heterocycles. The normalized spacial score (nSPS) is 10.7. The first-order valence-electron chi connectivity index (χ1n) is 11.3. The average molecular weight is 471 g/mol. The molecule has 4 aromatic rings. The number of ether oxygens (including phenoxy) is 2. The third-order valence-electron chi connectivity index (χ3n) is 5.73. The second-order valence-electron chi connectivity index (χ2n) is 8.11. The monoisotopic (exact) mass is 470 g/mol. The number of anilines is 1. The van der Waals surface area contributed by atoms with Gasteiger partial charge in [-0.1, -0.05) is 42.5 Å². The summed E-state index contributed by atoms with van der Waals surface area (Å²) in [5.41, 5.74) is 3.61. The number of aromatic nitrogens is 1. The number of rotatable bonds is 9. The molecule has 1 amide bonds. The van der Waals surface area contributed by atoms with E-state index in [4.69, 9.17) is 9.47 Å². The molecule has 0 fully saturated rings. The van der Waals surface area contributed by atoms with Crippen LogP contribution in [0.15, 0.2) is 72.8 Å². The van der Waals surface area contributed by atoms with E-state index in [0.717, 1.165) is 27.9 Å². The topological polar surface area (TPSA) is 97.5 Å². The second kappa shape index (κ2) is 10.7. The minimum Gasteiger partial charge on any atom is -0.497 e. The van der Waals surface area contributed by atoms with Crippen LogP contribution in [0.4, 0.5) is 5.69 Å². The summed E-state index contributed by atoms with van der Waals surface area (Å²) in [6, 6.07) is 21.6. The van der Waals surface area contributed by atoms with Crippen molar-refractivity contribution >= 4 is 34.3 Å². The zero-order chi connectivity index (χ0) is 24.8. The van der Waals surface area contributed by atoms with E-state index in [2.05, 4.69) is 10.3 Å². The summed E-state index contributed by atoms with van der Waals surface area (Å²) in [4.78, 5) is 41.3. The molecule has 3 aromatic carbocycles. The van der Waals surface area contributed by atoms with Crippen molar-refractivity contribution < 1.29 is 23.9 Å². The van der Waals surface area contributed by atoms with E-state index >= 15 is 0 Å². The molecule has 4 rings (SSSR count). The van der Waals surface area contributed by atoms with E-state index in [1.807, 2.05) is 55.5 Å². The Labute approximate surface area is 203 Å². The molecule has 0 radical (unpaired) electrons. The predicted molar refractivity (Wildman–Crippen MR) is 134 cm³/mol. The van der Waals surface area contributed by atoms with E-state index in [1.165, 1.54) is 0 Å². The van der Waals surface area contributed by atoms with Crippen LogP contribution in [0.2, 0.25) is 0 Å². The summed E-state index contributed by atoms with van der Waals surface area (Å²) < 4.78 is 10.5. The highest BCUT2D eigenvalue weighted by molar-refractivity contribution is 6.10. The molecule has 7 heteroatoms. The zero-order valence-corrected chi connectivity index (χ0v) is 19.6. The third kappa shape index (κ3) is 5.58. The minimum absolute atomic E-state index is 0.189. The molecule has 2 N–H and O–H groups in total. The van der Waals surface area contributed by atoms with Crippen molar-refractivity contribution in [2.24, 2.45) is 0 Å². The van der Waals surface area contributed by atoms with E-state index in [-0.39, 0.29) is 23.7 Å². The van der Waals surface area contributed by atoms with Crippen LogP contribution in [0.25, 0.3) is 10.9 Å². The summed E-state index contributed by atoms with van der Waals surface area (Å²) in [6.07, 6.45) is 0.787. The molecule has 7 nitrogen and oxygen atoms in total. The van der Waals surface area contributed by atoms with Crippen molar-refractivity contribution in [3.05, 3.63) is 95.2 Å². The number of para-hydroxylation sites is 2. The number of hydrogen-bond acceptors (Lipinski definition) is 5. The van der Waals surface area contributed by atoms with Gasteiger partial charge in [0, 0.05) is 28.6 Å².